The molecule has 23 heavy (non-hydrogen) atoms. The summed E-state index contributed by atoms with van der Waals surface area (Å²) in [5.74, 6) is 0.394. The van der Waals surface area contributed by atoms with Crippen molar-refractivity contribution in [3.63, 3.8) is 0 Å². The van der Waals surface area contributed by atoms with Gasteiger partial charge in [-0.15, -0.1) is 0 Å². The van der Waals surface area contributed by atoms with E-state index in [-0.39, 0.29) is 12.2 Å². The Bertz CT molecular complexity index is 859. The molecule has 0 saturated heterocycles. The molecule has 1 atom stereocenters. The number of imidazole rings is 1. The second kappa shape index (κ2) is 6.15. The summed E-state index contributed by atoms with van der Waals surface area (Å²) in [5, 5.41) is 30.2. The molecule has 0 bridgehead atoms. The second-order valence-electron chi connectivity index (χ2n) is 5.15. The average Bonchev–Trinajstić information content (AvgIpc) is 2.93. The Hall–Kier alpha value is -2.77. The number of aliphatic hydroxyl groups excluding tert-OH is 2. The fraction of sp³-hybridized carbons (Fsp3) is 0.188. The average molecular weight is 313 g/mol. The van der Waals surface area contributed by atoms with Crippen LogP contribution in [-0.2, 0) is 6.54 Å². The Morgan fingerprint density at radius 1 is 1.17 bits per heavy atom. The summed E-state index contributed by atoms with van der Waals surface area (Å²) in [6.45, 7) is -0.304. The van der Waals surface area contributed by atoms with Crippen LogP contribution in [0.5, 0.6) is 0 Å². The molecule has 118 valence electrons. The Morgan fingerprint density at radius 3 is 2.61 bits per heavy atom. The van der Waals surface area contributed by atoms with Crippen LogP contribution in [0, 0.1) is 10.1 Å². The number of rotatable bonds is 5. The molecule has 7 heteroatoms. The number of nitro groups is 1. The molecule has 1 aromatic heterocycles. The summed E-state index contributed by atoms with van der Waals surface area (Å²) in [6, 6.07) is 13.6. The molecule has 1 heterocycles. The first-order chi connectivity index (χ1) is 11.1. The lowest BCUT2D eigenvalue weighted by molar-refractivity contribution is -0.384. The van der Waals surface area contributed by atoms with E-state index < -0.39 is 17.6 Å². The van der Waals surface area contributed by atoms with Crippen LogP contribution in [0.4, 0.5) is 5.69 Å². The molecular formula is C16H15N3O4. The van der Waals surface area contributed by atoms with Gasteiger partial charge in [-0.1, -0.05) is 24.3 Å². The lowest BCUT2D eigenvalue weighted by atomic mass is 10.1. The maximum Gasteiger partial charge on any atom is 0.280 e. The fourth-order valence-corrected chi connectivity index (χ4v) is 2.56. The van der Waals surface area contributed by atoms with Crippen LogP contribution in [0.25, 0.3) is 22.4 Å². The summed E-state index contributed by atoms with van der Waals surface area (Å²) in [6.07, 6.45) is -0.978. The maximum atomic E-state index is 11.3. The number of benzene rings is 2. The number of hydrogen-bond donors (Lipinski definition) is 2. The molecule has 0 aliphatic rings. The fourth-order valence-electron chi connectivity index (χ4n) is 2.56. The molecule has 1 unspecified atom stereocenters. The zero-order valence-electron chi connectivity index (χ0n) is 12.2. The third-order valence-electron chi connectivity index (χ3n) is 3.60. The number of aliphatic hydroxyl groups is 2. The first-order valence-corrected chi connectivity index (χ1v) is 7.10. The van der Waals surface area contributed by atoms with Crippen LogP contribution in [-0.4, -0.2) is 37.4 Å². The summed E-state index contributed by atoms with van der Waals surface area (Å²) in [4.78, 5) is 15.3. The lowest BCUT2D eigenvalue weighted by Crippen LogP contribution is -2.20. The smallest absolute Gasteiger partial charge is 0.280 e. The van der Waals surface area contributed by atoms with Crippen LogP contribution >= 0.6 is 0 Å². The Kier molecular flexibility index (Phi) is 4.05. The minimum absolute atomic E-state index is 0.0532. The van der Waals surface area contributed by atoms with Crippen molar-refractivity contribution in [2.24, 2.45) is 0 Å². The Morgan fingerprint density at radius 2 is 1.87 bits per heavy atom. The van der Waals surface area contributed by atoms with E-state index in [0.717, 1.165) is 5.52 Å². The van der Waals surface area contributed by atoms with E-state index in [4.69, 9.17) is 5.11 Å². The highest BCUT2D eigenvalue weighted by atomic mass is 16.6. The molecule has 0 fully saturated rings. The number of para-hydroxylation sites is 3. The van der Waals surface area contributed by atoms with Crippen molar-refractivity contribution in [2.45, 2.75) is 12.6 Å². The minimum Gasteiger partial charge on any atom is -0.394 e. The molecule has 2 aromatic carbocycles. The number of fused-ring (bicyclic) bond motifs is 1. The van der Waals surface area contributed by atoms with Gasteiger partial charge in [-0.25, -0.2) is 4.98 Å². The molecule has 0 amide bonds. The number of hydrogen-bond acceptors (Lipinski definition) is 5. The highest BCUT2D eigenvalue weighted by Crippen LogP contribution is 2.31. The van der Waals surface area contributed by atoms with Gasteiger partial charge in [0.15, 0.2) is 0 Å². The van der Waals surface area contributed by atoms with Crippen molar-refractivity contribution in [1.82, 2.24) is 9.55 Å². The minimum atomic E-state index is -0.978. The number of nitrogens with zero attached hydrogens (tertiary/aromatic N) is 3. The van der Waals surface area contributed by atoms with Crippen molar-refractivity contribution >= 4 is 16.7 Å². The standard InChI is InChI=1S/C16H15N3O4/c20-10-11(21)9-18-15-8-4-2-6-13(15)17-16(18)12-5-1-3-7-14(12)19(22)23/h1-8,11,20-21H,9-10H2. The van der Waals surface area contributed by atoms with E-state index in [1.54, 1.807) is 28.8 Å². The maximum absolute atomic E-state index is 11.3. The van der Waals surface area contributed by atoms with Crippen LogP contribution in [0.15, 0.2) is 48.5 Å². The molecule has 3 rings (SSSR count). The van der Waals surface area contributed by atoms with Crippen LogP contribution in [0.1, 0.15) is 0 Å². The van der Waals surface area contributed by atoms with Gasteiger partial charge in [0, 0.05) is 6.07 Å². The predicted octanol–water partition coefficient (Wildman–Crippen LogP) is 1.96. The molecule has 0 aliphatic heterocycles. The number of aromatic nitrogens is 2. The van der Waals surface area contributed by atoms with Gasteiger partial charge < -0.3 is 14.8 Å². The molecule has 3 aromatic rings. The van der Waals surface area contributed by atoms with Gasteiger partial charge in [-0.05, 0) is 18.2 Å². The van der Waals surface area contributed by atoms with E-state index in [9.17, 15) is 15.2 Å². The van der Waals surface area contributed by atoms with Crippen molar-refractivity contribution < 1.29 is 15.1 Å². The topological polar surface area (TPSA) is 101 Å². The van der Waals surface area contributed by atoms with E-state index >= 15 is 0 Å². The van der Waals surface area contributed by atoms with Gasteiger partial charge in [0.2, 0.25) is 0 Å². The van der Waals surface area contributed by atoms with E-state index in [0.29, 0.717) is 16.9 Å². The van der Waals surface area contributed by atoms with Gasteiger partial charge in [-0.3, -0.25) is 10.1 Å². The third-order valence-corrected chi connectivity index (χ3v) is 3.60. The molecule has 0 saturated carbocycles. The van der Waals surface area contributed by atoms with Crippen molar-refractivity contribution in [3.8, 4) is 11.4 Å². The van der Waals surface area contributed by atoms with E-state index in [1.165, 1.54) is 6.07 Å². The predicted molar refractivity (Wildman–Crippen MR) is 84.9 cm³/mol. The second-order valence-corrected chi connectivity index (χ2v) is 5.15. The molecule has 0 radical (unpaired) electrons. The van der Waals surface area contributed by atoms with Gasteiger partial charge >= 0.3 is 0 Å². The van der Waals surface area contributed by atoms with Crippen molar-refractivity contribution in [1.29, 1.82) is 0 Å². The normalized spacial score (nSPS) is 12.4. The zero-order chi connectivity index (χ0) is 16.4. The summed E-state index contributed by atoms with van der Waals surface area (Å²) in [5.41, 5.74) is 1.74. The first kappa shape index (κ1) is 15.1. The highest BCUT2D eigenvalue weighted by molar-refractivity contribution is 5.82. The molecule has 7 nitrogen and oxygen atoms in total. The summed E-state index contributed by atoms with van der Waals surface area (Å²) >= 11 is 0. The first-order valence-electron chi connectivity index (χ1n) is 7.10. The SMILES string of the molecule is O=[N+]([O-])c1ccccc1-c1nc2ccccc2n1CC(O)CO. The van der Waals surface area contributed by atoms with Gasteiger partial charge in [0.25, 0.3) is 5.69 Å². The zero-order valence-corrected chi connectivity index (χ0v) is 12.2. The van der Waals surface area contributed by atoms with Gasteiger partial charge in [-0.2, -0.15) is 0 Å². The van der Waals surface area contributed by atoms with Gasteiger partial charge in [0.05, 0.1) is 40.8 Å². The summed E-state index contributed by atoms with van der Waals surface area (Å²) < 4.78 is 1.69. The lowest BCUT2D eigenvalue weighted by Gasteiger charge is -2.12. The highest BCUT2D eigenvalue weighted by Gasteiger charge is 2.21. The van der Waals surface area contributed by atoms with Gasteiger partial charge in [0.1, 0.15) is 5.82 Å². The number of nitro benzene ring substituents is 1. The quantitative estimate of drug-likeness (QED) is 0.554. The molecule has 0 spiro atoms. The van der Waals surface area contributed by atoms with Crippen molar-refractivity contribution in [3.05, 3.63) is 58.6 Å². The third kappa shape index (κ3) is 2.79. The van der Waals surface area contributed by atoms with E-state index in [2.05, 4.69) is 4.98 Å². The molecular weight excluding hydrogens is 298 g/mol. The van der Waals surface area contributed by atoms with Crippen LogP contribution in [0.2, 0.25) is 0 Å². The molecule has 0 aliphatic carbocycles. The molecule has 2 N–H and O–H groups in total. The monoisotopic (exact) mass is 313 g/mol. The van der Waals surface area contributed by atoms with Crippen LogP contribution in [0.3, 0.4) is 0 Å². The Labute approximate surface area is 131 Å². The summed E-state index contributed by atoms with van der Waals surface area (Å²) in [7, 11) is 0. The van der Waals surface area contributed by atoms with Crippen molar-refractivity contribution in [2.75, 3.05) is 6.61 Å². The van der Waals surface area contributed by atoms with E-state index in [1.807, 2.05) is 18.2 Å². The largest absolute Gasteiger partial charge is 0.394 e. The van der Waals surface area contributed by atoms with Crippen LogP contribution < -0.4 is 0 Å². The Balaban J connectivity index is 2.25.